The predicted molar refractivity (Wildman–Crippen MR) is 101 cm³/mol. The highest BCUT2D eigenvalue weighted by Crippen LogP contribution is 2.12. The molecule has 1 aromatic rings. The fourth-order valence-electron chi connectivity index (χ4n) is 3.10. The molecule has 6 nitrogen and oxygen atoms in total. The van der Waals surface area contributed by atoms with Gasteiger partial charge in [-0.25, -0.2) is 4.79 Å². The number of hydrogen-bond donors (Lipinski definition) is 1. The van der Waals surface area contributed by atoms with Crippen molar-refractivity contribution in [2.75, 3.05) is 51.1 Å². The number of urea groups is 1. The van der Waals surface area contributed by atoms with E-state index in [1.54, 1.807) is 0 Å². The van der Waals surface area contributed by atoms with Crippen LogP contribution < -0.4 is 5.32 Å². The van der Waals surface area contributed by atoms with Gasteiger partial charge in [0.2, 0.25) is 5.91 Å². The molecule has 138 valence electrons. The Balaban J connectivity index is 1.75. The smallest absolute Gasteiger partial charge is 0.320 e. The van der Waals surface area contributed by atoms with Crippen LogP contribution in [0.15, 0.2) is 24.3 Å². The van der Waals surface area contributed by atoms with Gasteiger partial charge < -0.3 is 15.1 Å². The second-order valence-electron chi connectivity index (χ2n) is 6.41. The lowest BCUT2D eigenvalue weighted by molar-refractivity contribution is -0.114. The minimum Gasteiger partial charge on any atom is -0.326 e. The van der Waals surface area contributed by atoms with Gasteiger partial charge in [-0.3, -0.25) is 9.69 Å². The summed E-state index contributed by atoms with van der Waals surface area (Å²) in [7, 11) is 0. The Morgan fingerprint density at radius 2 is 1.64 bits per heavy atom. The van der Waals surface area contributed by atoms with Crippen LogP contribution in [0.5, 0.6) is 0 Å². The van der Waals surface area contributed by atoms with Crippen LogP contribution in [0.2, 0.25) is 0 Å². The van der Waals surface area contributed by atoms with Gasteiger partial charge >= 0.3 is 6.03 Å². The SMILES string of the molecule is CCN(CC)C(=O)N1CCN(CCc2ccc(NC(C)=O)cc2)CC1. The van der Waals surface area contributed by atoms with Crippen molar-refractivity contribution < 1.29 is 9.59 Å². The normalized spacial score (nSPS) is 15.1. The molecule has 0 saturated carbocycles. The van der Waals surface area contributed by atoms with Crippen molar-refractivity contribution in [2.45, 2.75) is 27.2 Å². The fraction of sp³-hybridized carbons (Fsp3) is 0.579. The number of anilines is 1. The molecule has 1 N–H and O–H groups in total. The number of nitrogens with zero attached hydrogens (tertiary/aromatic N) is 3. The lowest BCUT2D eigenvalue weighted by atomic mass is 10.1. The molecule has 6 heteroatoms. The highest BCUT2D eigenvalue weighted by molar-refractivity contribution is 5.88. The standard InChI is InChI=1S/C19H30N4O2/c1-4-22(5-2)19(25)23-14-12-21(13-15-23)11-10-17-6-8-18(9-7-17)20-16(3)24/h6-9H,4-5,10-15H2,1-3H3,(H,20,24). The molecule has 2 rings (SSSR count). The van der Waals surface area contributed by atoms with Gasteiger partial charge in [0.1, 0.15) is 0 Å². The van der Waals surface area contributed by atoms with E-state index in [1.165, 1.54) is 12.5 Å². The Labute approximate surface area is 150 Å². The van der Waals surface area contributed by atoms with Crippen LogP contribution in [0.3, 0.4) is 0 Å². The maximum Gasteiger partial charge on any atom is 0.320 e. The Morgan fingerprint density at radius 1 is 1.04 bits per heavy atom. The largest absolute Gasteiger partial charge is 0.326 e. The van der Waals surface area contributed by atoms with Gasteiger partial charge in [-0.2, -0.15) is 0 Å². The van der Waals surface area contributed by atoms with E-state index in [4.69, 9.17) is 0 Å². The first-order valence-electron chi connectivity index (χ1n) is 9.16. The maximum atomic E-state index is 12.4. The number of nitrogens with one attached hydrogen (secondary N) is 1. The molecular weight excluding hydrogens is 316 g/mol. The van der Waals surface area contributed by atoms with Crippen molar-refractivity contribution in [3.63, 3.8) is 0 Å². The summed E-state index contributed by atoms with van der Waals surface area (Å²) in [4.78, 5) is 29.7. The van der Waals surface area contributed by atoms with Gasteiger partial charge in [0.05, 0.1) is 0 Å². The van der Waals surface area contributed by atoms with Crippen LogP contribution in [0, 0.1) is 0 Å². The zero-order valence-electron chi connectivity index (χ0n) is 15.6. The van der Waals surface area contributed by atoms with Crippen LogP contribution >= 0.6 is 0 Å². The zero-order valence-corrected chi connectivity index (χ0v) is 15.6. The van der Waals surface area contributed by atoms with E-state index in [-0.39, 0.29) is 11.9 Å². The maximum absolute atomic E-state index is 12.4. The van der Waals surface area contributed by atoms with E-state index in [2.05, 4.69) is 22.3 Å². The molecule has 1 aliphatic rings. The van der Waals surface area contributed by atoms with Gasteiger partial charge in [0, 0.05) is 58.4 Å². The zero-order chi connectivity index (χ0) is 18.2. The molecule has 25 heavy (non-hydrogen) atoms. The molecule has 0 spiro atoms. The molecule has 0 aromatic heterocycles. The van der Waals surface area contributed by atoms with Crippen LogP contribution in [-0.2, 0) is 11.2 Å². The summed E-state index contributed by atoms with van der Waals surface area (Å²) >= 11 is 0. The van der Waals surface area contributed by atoms with E-state index in [0.29, 0.717) is 0 Å². The molecule has 3 amide bonds. The average molecular weight is 346 g/mol. The second kappa shape index (κ2) is 9.42. The monoisotopic (exact) mass is 346 g/mol. The first kappa shape index (κ1) is 19.2. The second-order valence-corrected chi connectivity index (χ2v) is 6.41. The number of carbonyl (C=O) groups excluding carboxylic acids is 2. The van der Waals surface area contributed by atoms with E-state index in [9.17, 15) is 9.59 Å². The topological polar surface area (TPSA) is 55.9 Å². The van der Waals surface area contributed by atoms with Crippen LogP contribution in [0.1, 0.15) is 26.3 Å². The summed E-state index contributed by atoms with van der Waals surface area (Å²) in [5, 5.41) is 2.78. The highest BCUT2D eigenvalue weighted by Gasteiger charge is 2.23. The van der Waals surface area contributed by atoms with Gasteiger partial charge in [0.15, 0.2) is 0 Å². The Hall–Kier alpha value is -2.08. The molecule has 0 bridgehead atoms. The third-order valence-electron chi connectivity index (χ3n) is 4.67. The lowest BCUT2D eigenvalue weighted by Crippen LogP contribution is -2.53. The summed E-state index contributed by atoms with van der Waals surface area (Å²) in [5.74, 6) is -0.0510. The summed E-state index contributed by atoms with van der Waals surface area (Å²) in [5.41, 5.74) is 2.09. The Morgan fingerprint density at radius 3 is 2.16 bits per heavy atom. The van der Waals surface area contributed by atoms with Crippen molar-refractivity contribution in [2.24, 2.45) is 0 Å². The van der Waals surface area contributed by atoms with Crippen LogP contribution in [0.4, 0.5) is 10.5 Å². The van der Waals surface area contributed by atoms with Crippen LogP contribution in [0.25, 0.3) is 0 Å². The quantitative estimate of drug-likeness (QED) is 0.860. The molecule has 0 radical (unpaired) electrons. The molecule has 1 aromatic carbocycles. The molecule has 1 fully saturated rings. The van der Waals surface area contributed by atoms with Crippen molar-refractivity contribution in [3.05, 3.63) is 29.8 Å². The summed E-state index contributed by atoms with van der Waals surface area (Å²) in [6, 6.07) is 8.17. The minimum absolute atomic E-state index is 0.0510. The average Bonchev–Trinajstić information content (AvgIpc) is 2.62. The third kappa shape index (κ3) is 5.74. The lowest BCUT2D eigenvalue weighted by Gasteiger charge is -2.37. The van der Waals surface area contributed by atoms with Gasteiger partial charge in [-0.15, -0.1) is 0 Å². The predicted octanol–water partition coefficient (Wildman–Crippen LogP) is 2.27. The number of piperazine rings is 1. The Bertz CT molecular complexity index is 561. The molecule has 1 saturated heterocycles. The highest BCUT2D eigenvalue weighted by atomic mass is 16.2. The summed E-state index contributed by atoms with van der Waals surface area (Å²) in [6.45, 7) is 11.5. The van der Waals surface area contributed by atoms with Gasteiger partial charge in [-0.1, -0.05) is 12.1 Å². The van der Waals surface area contributed by atoms with Crippen molar-refractivity contribution in [3.8, 4) is 0 Å². The molecule has 0 aliphatic carbocycles. The number of hydrogen-bond acceptors (Lipinski definition) is 3. The van der Waals surface area contributed by atoms with E-state index >= 15 is 0 Å². The van der Waals surface area contributed by atoms with Crippen LogP contribution in [-0.4, -0.2) is 72.5 Å². The number of benzene rings is 1. The first-order valence-corrected chi connectivity index (χ1v) is 9.16. The minimum atomic E-state index is -0.0510. The fourth-order valence-corrected chi connectivity index (χ4v) is 3.10. The van der Waals surface area contributed by atoms with E-state index < -0.39 is 0 Å². The molecule has 1 aliphatic heterocycles. The summed E-state index contributed by atoms with van der Waals surface area (Å²) in [6.07, 6.45) is 0.977. The van der Waals surface area contributed by atoms with E-state index in [0.717, 1.165) is 57.9 Å². The van der Waals surface area contributed by atoms with Gasteiger partial charge in [0.25, 0.3) is 0 Å². The number of rotatable bonds is 6. The molecule has 1 heterocycles. The Kier molecular flexibility index (Phi) is 7.25. The molecular formula is C19H30N4O2. The third-order valence-corrected chi connectivity index (χ3v) is 4.67. The molecule has 0 atom stereocenters. The first-order chi connectivity index (χ1) is 12.0. The number of amides is 3. The van der Waals surface area contributed by atoms with E-state index in [1.807, 2.05) is 35.8 Å². The number of carbonyl (C=O) groups is 2. The van der Waals surface area contributed by atoms with Crippen molar-refractivity contribution in [1.29, 1.82) is 0 Å². The van der Waals surface area contributed by atoms with Crippen molar-refractivity contribution >= 4 is 17.6 Å². The molecule has 0 unspecified atom stereocenters. The van der Waals surface area contributed by atoms with Gasteiger partial charge in [-0.05, 0) is 38.0 Å². The summed E-state index contributed by atoms with van der Waals surface area (Å²) < 4.78 is 0. The van der Waals surface area contributed by atoms with Crippen molar-refractivity contribution in [1.82, 2.24) is 14.7 Å².